The molecule has 3 rings (SSSR count). The molecule has 0 fully saturated rings. The quantitative estimate of drug-likeness (QED) is 0.755. The van der Waals surface area contributed by atoms with Crippen LogP contribution in [0.3, 0.4) is 0 Å². The van der Waals surface area contributed by atoms with Gasteiger partial charge in [0, 0.05) is 23.7 Å². The molecule has 0 unspecified atom stereocenters. The molecule has 2 heterocycles. The molecule has 2 aromatic rings. The van der Waals surface area contributed by atoms with Gasteiger partial charge in [0.25, 0.3) is 0 Å². The number of nitrogens with zero attached hydrogens (tertiary/aromatic N) is 1. The monoisotopic (exact) mass is 245 g/mol. The zero-order valence-corrected chi connectivity index (χ0v) is 10.2. The van der Waals surface area contributed by atoms with E-state index in [9.17, 15) is 0 Å². The summed E-state index contributed by atoms with van der Waals surface area (Å²) in [6.07, 6.45) is 2.65. The van der Waals surface area contributed by atoms with E-state index in [-0.39, 0.29) is 0 Å². The van der Waals surface area contributed by atoms with E-state index in [2.05, 4.69) is 10.2 Å². The van der Waals surface area contributed by atoms with Crippen molar-refractivity contribution in [2.75, 3.05) is 18.9 Å². The first-order valence-corrected chi connectivity index (χ1v) is 5.95. The minimum atomic E-state index is 0.650. The lowest BCUT2D eigenvalue weighted by Crippen LogP contribution is -1.98. The van der Waals surface area contributed by atoms with Crippen LogP contribution in [-0.4, -0.2) is 23.4 Å². The summed E-state index contributed by atoms with van der Waals surface area (Å²) < 4.78 is 11.5. The molecule has 18 heavy (non-hydrogen) atoms. The molecule has 5 heteroatoms. The molecule has 0 atom stereocenters. The Morgan fingerprint density at radius 2 is 2.11 bits per heavy atom. The van der Waals surface area contributed by atoms with Gasteiger partial charge in [-0.1, -0.05) is 0 Å². The van der Waals surface area contributed by atoms with Crippen molar-refractivity contribution in [1.29, 1.82) is 0 Å². The average molecular weight is 245 g/mol. The molecule has 5 nitrogen and oxygen atoms in total. The highest BCUT2D eigenvalue weighted by Gasteiger charge is 2.19. The standard InChI is InChI=1S/C13H15N3O2/c1-8-7-15-16-12(8)10-5-9(14)6-11-13(10)18-4-2-3-17-11/h5-7H,2-4,14H2,1H3,(H,15,16). The fourth-order valence-corrected chi connectivity index (χ4v) is 2.10. The van der Waals surface area contributed by atoms with E-state index < -0.39 is 0 Å². The Hall–Kier alpha value is -2.17. The van der Waals surface area contributed by atoms with Gasteiger partial charge in [0.05, 0.1) is 25.1 Å². The summed E-state index contributed by atoms with van der Waals surface area (Å²) >= 11 is 0. The summed E-state index contributed by atoms with van der Waals surface area (Å²) in [5, 5.41) is 7.02. The third-order valence-electron chi connectivity index (χ3n) is 2.97. The second-order valence-electron chi connectivity index (χ2n) is 4.37. The van der Waals surface area contributed by atoms with Crippen LogP contribution in [0.15, 0.2) is 18.3 Å². The van der Waals surface area contributed by atoms with Gasteiger partial charge < -0.3 is 15.2 Å². The number of fused-ring (bicyclic) bond motifs is 1. The topological polar surface area (TPSA) is 73.2 Å². The number of ether oxygens (including phenoxy) is 2. The van der Waals surface area contributed by atoms with Crippen molar-refractivity contribution in [2.24, 2.45) is 0 Å². The van der Waals surface area contributed by atoms with Gasteiger partial charge >= 0.3 is 0 Å². The van der Waals surface area contributed by atoms with Crippen LogP contribution >= 0.6 is 0 Å². The van der Waals surface area contributed by atoms with Gasteiger partial charge in [-0.2, -0.15) is 5.10 Å². The molecule has 0 bridgehead atoms. The molecule has 0 aliphatic carbocycles. The number of nitrogens with two attached hydrogens (primary N) is 1. The highest BCUT2D eigenvalue weighted by molar-refractivity contribution is 5.77. The van der Waals surface area contributed by atoms with Crippen molar-refractivity contribution in [3.8, 4) is 22.8 Å². The van der Waals surface area contributed by atoms with E-state index >= 15 is 0 Å². The smallest absolute Gasteiger partial charge is 0.170 e. The molecule has 0 spiro atoms. The molecule has 0 radical (unpaired) electrons. The number of benzene rings is 1. The van der Waals surface area contributed by atoms with Crippen molar-refractivity contribution >= 4 is 5.69 Å². The number of nitrogens with one attached hydrogen (secondary N) is 1. The van der Waals surface area contributed by atoms with Crippen molar-refractivity contribution in [1.82, 2.24) is 10.2 Å². The molecule has 1 aliphatic heterocycles. The zero-order valence-electron chi connectivity index (χ0n) is 10.2. The summed E-state index contributed by atoms with van der Waals surface area (Å²) in [5.74, 6) is 1.45. The van der Waals surface area contributed by atoms with Crippen molar-refractivity contribution < 1.29 is 9.47 Å². The maximum absolute atomic E-state index is 5.92. The first kappa shape index (κ1) is 11.0. The van der Waals surface area contributed by atoms with Crippen LogP contribution in [0, 0.1) is 6.92 Å². The minimum Gasteiger partial charge on any atom is -0.489 e. The normalized spacial score (nSPS) is 14.3. The van der Waals surface area contributed by atoms with E-state index in [4.69, 9.17) is 15.2 Å². The fourth-order valence-electron chi connectivity index (χ4n) is 2.10. The number of hydrogen-bond donors (Lipinski definition) is 2. The third kappa shape index (κ3) is 1.77. The first-order chi connectivity index (χ1) is 8.75. The molecular weight excluding hydrogens is 230 g/mol. The molecule has 0 amide bonds. The highest BCUT2D eigenvalue weighted by Crippen LogP contribution is 2.41. The van der Waals surface area contributed by atoms with E-state index in [0.29, 0.717) is 24.7 Å². The van der Waals surface area contributed by atoms with Gasteiger partial charge in [0.1, 0.15) is 0 Å². The van der Waals surface area contributed by atoms with Gasteiger partial charge in [-0.25, -0.2) is 0 Å². The fraction of sp³-hybridized carbons (Fsp3) is 0.308. The number of H-pyrrole nitrogens is 1. The van der Waals surface area contributed by atoms with E-state index in [1.165, 1.54) is 0 Å². The van der Waals surface area contributed by atoms with Crippen molar-refractivity contribution in [3.63, 3.8) is 0 Å². The average Bonchev–Trinajstić information content (AvgIpc) is 2.62. The minimum absolute atomic E-state index is 0.650. The lowest BCUT2D eigenvalue weighted by atomic mass is 10.1. The summed E-state index contributed by atoms with van der Waals surface area (Å²) in [6.45, 7) is 3.29. The Kier molecular flexibility index (Phi) is 2.59. The molecule has 94 valence electrons. The molecular formula is C13H15N3O2. The van der Waals surface area contributed by atoms with Crippen LogP contribution in [0.5, 0.6) is 11.5 Å². The first-order valence-electron chi connectivity index (χ1n) is 5.95. The SMILES string of the molecule is Cc1cn[nH]c1-c1cc(N)cc2c1OCCCO2. The van der Waals surface area contributed by atoms with Gasteiger partial charge in [-0.3, -0.25) is 5.10 Å². The maximum Gasteiger partial charge on any atom is 0.170 e. The number of aromatic amines is 1. The summed E-state index contributed by atoms with van der Waals surface area (Å²) in [6, 6.07) is 3.68. The van der Waals surface area contributed by atoms with E-state index in [0.717, 1.165) is 29.0 Å². The third-order valence-corrected chi connectivity index (χ3v) is 2.97. The number of anilines is 1. The van der Waals surface area contributed by atoms with Crippen LogP contribution in [0.2, 0.25) is 0 Å². The summed E-state index contributed by atoms with van der Waals surface area (Å²) in [5.41, 5.74) is 9.45. The largest absolute Gasteiger partial charge is 0.489 e. The second kappa shape index (κ2) is 4.25. The van der Waals surface area contributed by atoms with E-state index in [1.807, 2.05) is 13.0 Å². The summed E-state index contributed by atoms with van der Waals surface area (Å²) in [7, 11) is 0. The number of hydrogen-bond acceptors (Lipinski definition) is 4. The Bertz CT molecular complexity index is 578. The Balaban J connectivity index is 2.19. The Morgan fingerprint density at radius 1 is 1.28 bits per heavy atom. The van der Waals surface area contributed by atoms with E-state index in [1.54, 1.807) is 12.3 Å². The zero-order chi connectivity index (χ0) is 12.5. The number of nitrogen functional groups attached to an aromatic ring is 1. The lowest BCUT2D eigenvalue weighted by Gasteiger charge is -2.13. The molecule has 3 N–H and O–H groups in total. The van der Waals surface area contributed by atoms with Crippen molar-refractivity contribution in [3.05, 3.63) is 23.9 Å². The highest BCUT2D eigenvalue weighted by atomic mass is 16.5. The maximum atomic E-state index is 5.92. The van der Waals surface area contributed by atoms with Crippen molar-refractivity contribution in [2.45, 2.75) is 13.3 Å². The predicted octanol–water partition coefficient (Wildman–Crippen LogP) is 2.13. The van der Waals surface area contributed by atoms with Crippen LogP contribution in [0.4, 0.5) is 5.69 Å². The molecule has 1 aromatic carbocycles. The predicted molar refractivity (Wildman–Crippen MR) is 68.8 cm³/mol. The molecule has 1 aliphatic rings. The van der Waals surface area contributed by atoms with Crippen LogP contribution in [0.1, 0.15) is 12.0 Å². The number of rotatable bonds is 1. The van der Waals surface area contributed by atoms with Gasteiger partial charge in [-0.15, -0.1) is 0 Å². The number of aromatic nitrogens is 2. The second-order valence-corrected chi connectivity index (χ2v) is 4.37. The van der Waals surface area contributed by atoms with Crippen LogP contribution in [-0.2, 0) is 0 Å². The number of aryl methyl sites for hydroxylation is 1. The van der Waals surface area contributed by atoms with Gasteiger partial charge in [0.2, 0.25) is 0 Å². The molecule has 0 saturated carbocycles. The molecule has 0 saturated heterocycles. The van der Waals surface area contributed by atoms with Gasteiger partial charge in [-0.05, 0) is 18.6 Å². The van der Waals surface area contributed by atoms with Gasteiger partial charge in [0.15, 0.2) is 11.5 Å². The Morgan fingerprint density at radius 3 is 2.89 bits per heavy atom. The lowest BCUT2D eigenvalue weighted by molar-refractivity contribution is 0.297. The summed E-state index contributed by atoms with van der Waals surface area (Å²) in [4.78, 5) is 0. The molecule has 1 aromatic heterocycles. The Labute approximate surface area is 105 Å². The van der Waals surface area contributed by atoms with Crippen LogP contribution < -0.4 is 15.2 Å². The van der Waals surface area contributed by atoms with Crippen LogP contribution in [0.25, 0.3) is 11.3 Å².